The van der Waals surface area contributed by atoms with Crippen molar-refractivity contribution >= 4 is 23.1 Å². The number of Topliss-reactive ketones (excluding diaryl/α,β-unsaturated/α-hetero) is 1. The van der Waals surface area contributed by atoms with E-state index in [-0.39, 0.29) is 28.3 Å². The molecule has 7 nitrogen and oxygen atoms in total. The summed E-state index contributed by atoms with van der Waals surface area (Å²) in [5.74, 6) is -3.83. The van der Waals surface area contributed by atoms with Crippen molar-refractivity contribution in [3.05, 3.63) is 89.3 Å². The van der Waals surface area contributed by atoms with Crippen LogP contribution in [0.3, 0.4) is 0 Å². The number of carbonyl (C=O) groups is 2. The molecule has 1 aliphatic heterocycles. The minimum atomic E-state index is -1.25. The minimum Gasteiger partial charge on any atom is -0.507 e. The minimum absolute atomic E-state index is 0.172. The Kier molecular flexibility index (Phi) is 5.78. The van der Waals surface area contributed by atoms with Gasteiger partial charge in [0.1, 0.15) is 23.4 Å². The summed E-state index contributed by atoms with van der Waals surface area (Å²) in [6.07, 6.45) is 1.44. The number of hydrogen-bond acceptors (Lipinski definition) is 6. The maximum atomic E-state index is 14.7. The smallest absolute Gasteiger partial charge is 0.300 e. The summed E-state index contributed by atoms with van der Waals surface area (Å²) < 4.78 is 38.6. The Hall–Kier alpha value is -4.27. The van der Waals surface area contributed by atoms with Crippen LogP contribution >= 0.6 is 0 Å². The quantitative estimate of drug-likeness (QED) is 0.358. The Balaban J connectivity index is 1.95. The van der Waals surface area contributed by atoms with Crippen molar-refractivity contribution in [3.63, 3.8) is 0 Å². The van der Waals surface area contributed by atoms with E-state index in [4.69, 9.17) is 9.47 Å². The molecule has 1 fully saturated rings. The van der Waals surface area contributed by atoms with Crippen molar-refractivity contribution in [2.24, 2.45) is 0 Å². The Labute approximate surface area is 187 Å². The van der Waals surface area contributed by atoms with Crippen molar-refractivity contribution in [2.75, 3.05) is 19.1 Å². The molecule has 1 saturated heterocycles. The largest absolute Gasteiger partial charge is 0.507 e. The van der Waals surface area contributed by atoms with E-state index >= 15 is 0 Å². The van der Waals surface area contributed by atoms with Gasteiger partial charge < -0.3 is 14.6 Å². The van der Waals surface area contributed by atoms with Crippen LogP contribution in [0.4, 0.5) is 14.5 Å². The lowest BCUT2D eigenvalue weighted by molar-refractivity contribution is -0.132. The molecule has 1 amide bonds. The van der Waals surface area contributed by atoms with Crippen LogP contribution in [-0.4, -0.2) is 36.0 Å². The lowest BCUT2D eigenvalue weighted by atomic mass is 9.98. The maximum Gasteiger partial charge on any atom is 0.300 e. The highest BCUT2D eigenvalue weighted by molar-refractivity contribution is 6.51. The lowest BCUT2D eigenvalue weighted by Crippen LogP contribution is -2.30. The number of benzene rings is 2. The van der Waals surface area contributed by atoms with Crippen molar-refractivity contribution in [1.29, 1.82) is 0 Å². The van der Waals surface area contributed by atoms with Gasteiger partial charge in [-0.25, -0.2) is 8.78 Å². The first-order valence-electron chi connectivity index (χ1n) is 9.76. The number of ether oxygens (including phenoxy) is 2. The van der Waals surface area contributed by atoms with Crippen molar-refractivity contribution < 1.29 is 33.0 Å². The molecule has 33 heavy (non-hydrogen) atoms. The Morgan fingerprint density at radius 1 is 1.00 bits per heavy atom. The molecule has 1 aromatic heterocycles. The third kappa shape index (κ3) is 3.78. The highest BCUT2D eigenvalue weighted by Gasteiger charge is 2.48. The fraction of sp³-hybridized carbons (Fsp3) is 0.125. The molecule has 0 bridgehead atoms. The predicted octanol–water partition coefficient (Wildman–Crippen LogP) is 4.00. The van der Waals surface area contributed by atoms with Gasteiger partial charge in [0.05, 0.1) is 31.2 Å². The number of amides is 1. The van der Waals surface area contributed by atoms with Gasteiger partial charge in [-0.2, -0.15) is 0 Å². The zero-order valence-electron chi connectivity index (χ0n) is 17.6. The molecule has 1 aliphatic rings. The number of halogens is 2. The average molecular weight is 452 g/mol. The van der Waals surface area contributed by atoms with Gasteiger partial charge in [-0.1, -0.05) is 6.07 Å². The number of aliphatic hydroxyl groups excluding tert-OH is 1. The SMILES string of the molecule is COc1ccc(/C(O)=C2\C(=O)C(=O)N(c3ccc(F)cc3F)C2c2ccccn2)cc1OC. The Morgan fingerprint density at radius 3 is 2.39 bits per heavy atom. The standard InChI is InChI=1S/C24H18F2N2O5/c1-32-18-9-6-13(11-19(18)33-2)22(29)20-21(16-5-3-4-10-27-16)28(24(31)23(20)30)17-8-7-14(25)12-15(17)26/h3-12,21,29H,1-2H3/b22-20+. The number of rotatable bonds is 5. The molecular weight excluding hydrogens is 434 g/mol. The van der Waals surface area contributed by atoms with E-state index in [9.17, 15) is 23.5 Å². The lowest BCUT2D eigenvalue weighted by Gasteiger charge is -2.25. The number of ketones is 1. The molecule has 1 N–H and O–H groups in total. The summed E-state index contributed by atoms with van der Waals surface area (Å²) in [5.41, 5.74) is -0.233. The van der Waals surface area contributed by atoms with Crippen molar-refractivity contribution in [1.82, 2.24) is 4.98 Å². The molecule has 1 atom stereocenters. The monoisotopic (exact) mass is 452 g/mol. The van der Waals surface area contributed by atoms with Crippen LogP contribution in [0.2, 0.25) is 0 Å². The summed E-state index contributed by atoms with van der Waals surface area (Å²) in [5, 5.41) is 11.1. The fourth-order valence-corrected chi connectivity index (χ4v) is 3.71. The van der Waals surface area contributed by atoms with E-state index in [0.717, 1.165) is 17.0 Å². The van der Waals surface area contributed by atoms with Crippen LogP contribution in [0.5, 0.6) is 11.5 Å². The fourth-order valence-electron chi connectivity index (χ4n) is 3.71. The summed E-state index contributed by atoms with van der Waals surface area (Å²) in [7, 11) is 2.85. The van der Waals surface area contributed by atoms with Gasteiger partial charge in [0.2, 0.25) is 0 Å². The van der Waals surface area contributed by atoms with Crippen LogP contribution < -0.4 is 14.4 Å². The summed E-state index contributed by atoms with van der Waals surface area (Å²) >= 11 is 0. The molecule has 3 aromatic rings. The highest BCUT2D eigenvalue weighted by atomic mass is 19.1. The molecule has 1 unspecified atom stereocenters. The van der Waals surface area contributed by atoms with Gasteiger partial charge in [0.25, 0.3) is 11.7 Å². The van der Waals surface area contributed by atoms with Crippen LogP contribution in [0.25, 0.3) is 5.76 Å². The number of anilines is 1. The summed E-state index contributed by atoms with van der Waals surface area (Å²) in [4.78, 5) is 31.1. The molecule has 2 heterocycles. The van der Waals surface area contributed by atoms with Gasteiger partial charge >= 0.3 is 0 Å². The number of pyridine rings is 1. The summed E-state index contributed by atoms with van der Waals surface area (Å²) in [6.45, 7) is 0. The molecular formula is C24H18F2N2O5. The van der Waals surface area contributed by atoms with Crippen LogP contribution in [-0.2, 0) is 9.59 Å². The van der Waals surface area contributed by atoms with Crippen LogP contribution in [0.1, 0.15) is 17.3 Å². The van der Waals surface area contributed by atoms with E-state index in [2.05, 4.69) is 4.98 Å². The number of carbonyl (C=O) groups excluding carboxylic acids is 2. The van der Waals surface area contributed by atoms with Gasteiger partial charge in [-0.05, 0) is 42.5 Å². The molecule has 0 spiro atoms. The topological polar surface area (TPSA) is 89.0 Å². The zero-order valence-corrected chi connectivity index (χ0v) is 17.6. The molecule has 168 valence electrons. The summed E-state index contributed by atoms with van der Waals surface area (Å²) in [6, 6.07) is 10.6. The van der Waals surface area contributed by atoms with Gasteiger partial charge in [-0.15, -0.1) is 0 Å². The number of hydrogen-bond donors (Lipinski definition) is 1. The second-order valence-electron chi connectivity index (χ2n) is 7.09. The second kappa shape index (κ2) is 8.70. The first kappa shape index (κ1) is 21.9. The number of methoxy groups -OCH3 is 2. The molecule has 4 rings (SSSR count). The van der Waals surface area contributed by atoms with E-state index in [1.54, 1.807) is 12.1 Å². The second-order valence-corrected chi connectivity index (χ2v) is 7.09. The molecule has 2 aromatic carbocycles. The maximum absolute atomic E-state index is 14.7. The molecule has 0 aliphatic carbocycles. The van der Waals surface area contributed by atoms with Crippen LogP contribution in [0.15, 0.2) is 66.4 Å². The van der Waals surface area contributed by atoms with E-state index in [0.29, 0.717) is 11.8 Å². The van der Waals surface area contributed by atoms with Gasteiger partial charge in [-0.3, -0.25) is 19.5 Å². The van der Waals surface area contributed by atoms with E-state index in [1.165, 1.54) is 44.7 Å². The molecule has 9 heteroatoms. The van der Waals surface area contributed by atoms with Crippen molar-refractivity contribution in [2.45, 2.75) is 6.04 Å². The van der Waals surface area contributed by atoms with E-state index in [1.807, 2.05) is 0 Å². The van der Waals surface area contributed by atoms with Crippen molar-refractivity contribution in [3.8, 4) is 11.5 Å². The Morgan fingerprint density at radius 2 is 1.76 bits per heavy atom. The predicted molar refractivity (Wildman–Crippen MR) is 115 cm³/mol. The highest BCUT2D eigenvalue weighted by Crippen LogP contribution is 2.43. The first-order chi connectivity index (χ1) is 15.9. The third-order valence-corrected chi connectivity index (χ3v) is 5.24. The number of aromatic nitrogens is 1. The van der Waals surface area contributed by atoms with Gasteiger partial charge in [0.15, 0.2) is 11.5 Å². The normalized spacial score (nSPS) is 17.3. The third-order valence-electron chi connectivity index (χ3n) is 5.24. The Bertz CT molecular complexity index is 1280. The first-order valence-corrected chi connectivity index (χ1v) is 9.76. The average Bonchev–Trinajstić information content (AvgIpc) is 3.09. The van der Waals surface area contributed by atoms with Crippen LogP contribution in [0, 0.1) is 11.6 Å². The van der Waals surface area contributed by atoms with Gasteiger partial charge in [0, 0.05) is 17.8 Å². The molecule has 0 saturated carbocycles. The number of nitrogens with zero attached hydrogens (tertiary/aromatic N) is 2. The number of aliphatic hydroxyl groups is 1. The van der Waals surface area contributed by atoms with E-state index < -0.39 is 35.1 Å². The molecule has 0 radical (unpaired) electrons. The zero-order chi connectivity index (χ0) is 23.7.